The minimum atomic E-state index is -4.43. The van der Waals surface area contributed by atoms with Gasteiger partial charge in [0, 0.05) is 10.5 Å². The van der Waals surface area contributed by atoms with Crippen molar-refractivity contribution in [1.29, 1.82) is 0 Å². The zero-order valence-corrected chi connectivity index (χ0v) is 12.5. The van der Waals surface area contributed by atoms with Gasteiger partial charge < -0.3 is 9.64 Å². The summed E-state index contributed by atoms with van der Waals surface area (Å²) >= 11 is 3.06. The Hall–Kier alpha value is -1.24. The van der Waals surface area contributed by atoms with Gasteiger partial charge in [0.25, 0.3) is 0 Å². The van der Waals surface area contributed by atoms with Crippen LogP contribution in [0.15, 0.2) is 22.7 Å². The molecule has 0 spiro atoms. The second-order valence-electron chi connectivity index (χ2n) is 4.89. The van der Waals surface area contributed by atoms with E-state index in [2.05, 4.69) is 15.9 Å². The van der Waals surface area contributed by atoms with Gasteiger partial charge in [-0.15, -0.1) is 0 Å². The highest BCUT2D eigenvalue weighted by atomic mass is 79.9. The summed E-state index contributed by atoms with van der Waals surface area (Å²) in [5, 5.41) is 0. The minimum absolute atomic E-state index is 0.0539. The number of cyclic esters (lactones) is 1. The van der Waals surface area contributed by atoms with Gasteiger partial charge in [-0.05, 0) is 37.6 Å². The van der Waals surface area contributed by atoms with Gasteiger partial charge in [0.05, 0.1) is 12.1 Å². The predicted molar refractivity (Wildman–Crippen MR) is 70.2 cm³/mol. The normalized spacial score (nSPS) is 19.6. The third kappa shape index (κ3) is 3.08. The molecule has 1 aromatic carbocycles. The van der Waals surface area contributed by atoms with Crippen LogP contribution < -0.4 is 0 Å². The largest absolute Gasteiger partial charge is 0.439 e. The molecule has 1 aliphatic rings. The standard InChI is InChI=1S/C13H13BrF3NO2/c1-7(2)18-6-11(20-12(18)19)8-3-9(13(15,16)17)5-10(14)4-8/h3-5,7,11H,6H2,1-2H3. The number of rotatable bonds is 2. The Kier molecular flexibility index (Phi) is 4.00. The summed E-state index contributed by atoms with van der Waals surface area (Å²) in [6.07, 6.45) is -5.61. The lowest BCUT2D eigenvalue weighted by atomic mass is 10.1. The van der Waals surface area contributed by atoms with Crippen molar-refractivity contribution in [3.8, 4) is 0 Å². The summed E-state index contributed by atoms with van der Waals surface area (Å²) in [6.45, 7) is 3.90. The summed E-state index contributed by atoms with van der Waals surface area (Å²) < 4.78 is 43.8. The smallest absolute Gasteiger partial charge is 0.416 e. The first-order valence-electron chi connectivity index (χ1n) is 6.03. The molecule has 1 aromatic rings. The SMILES string of the molecule is CC(C)N1CC(c2cc(Br)cc(C(F)(F)F)c2)OC1=O. The van der Waals surface area contributed by atoms with E-state index < -0.39 is 23.9 Å². The number of halogens is 4. The fraction of sp³-hybridized carbons (Fsp3) is 0.462. The van der Waals surface area contributed by atoms with Crippen LogP contribution in [0.5, 0.6) is 0 Å². The fourth-order valence-electron chi connectivity index (χ4n) is 2.04. The second-order valence-corrected chi connectivity index (χ2v) is 5.81. The van der Waals surface area contributed by atoms with Crippen LogP contribution in [-0.2, 0) is 10.9 Å². The maximum absolute atomic E-state index is 12.8. The molecule has 1 unspecified atom stereocenters. The molecule has 1 heterocycles. The first-order valence-corrected chi connectivity index (χ1v) is 6.82. The van der Waals surface area contributed by atoms with E-state index in [4.69, 9.17) is 4.74 Å². The Labute approximate surface area is 122 Å². The molecular weight excluding hydrogens is 339 g/mol. The number of ether oxygens (including phenoxy) is 1. The number of amides is 1. The molecular formula is C13H13BrF3NO2. The molecule has 3 nitrogen and oxygen atoms in total. The van der Waals surface area contributed by atoms with Crippen molar-refractivity contribution < 1.29 is 22.7 Å². The van der Waals surface area contributed by atoms with Crippen molar-refractivity contribution in [2.45, 2.75) is 32.2 Å². The average molecular weight is 352 g/mol. The Balaban J connectivity index is 2.31. The van der Waals surface area contributed by atoms with Gasteiger partial charge in [-0.3, -0.25) is 0 Å². The summed E-state index contributed by atoms with van der Waals surface area (Å²) in [4.78, 5) is 13.1. The number of hydrogen-bond acceptors (Lipinski definition) is 2. The zero-order valence-electron chi connectivity index (χ0n) is 10.9. The van der Waals surface area contributed by atoms with Crippen molar-refractivity contribution in [3.05, 3.63) is 33.8 Å². The van der Waals surface area contributed by atoms with Crippen LogP contribution in [0.25, 0.3) is 0 Å². The topological polar surface area (TPSA) is 29.5 Å². The monoisotopic (exact) mass is 351 g/mol. The van der Waals surface area contributed by atoms with Crippen molar-refractivity contribution in [3.63, 3.8) is 0 Å². The number of hydrogen-bond donors (Lipinski definition) is 0. The first-order chi connectivity index (χ1) is 9.18. The predicted octanol–water partition coefficient (Wildman–Crippen LogP) is 4.37. The van der Waals surface area contributed by atoms with Crippen LogP contribution in [0.3, 0.4) is 0 Å². The fourth-order valence-corrected chi connectivity index (χ4v) is 2.55. The molecule has 0 bridgehead atoms. The van der Waals surface area contributed by atoms with E-state index in [1.54, 1.807) is 0 Å². The Morgan fingerprint density at radius 3 is 2.50 bits per heavy atom. The van der Waals surface area contributed by atoms with Crippen molar-refractivity contribution >= 4 is 22.0 Å². The lowest BCUT2D eigenvalue weighted by Crippen LogP contribution is -2.31. The van der Waals surface area contributed by atoms with Gasteiger partial charge in [0.2, 0.25) is 0 Å². The molecule has 0 aliphatic carbocycles. The third-order valence-electron chi connectivity index (χ3n) is 3.08. The second kappa shape index (κ2) is 5.27. The van der Waals surface area contributed by atoms with Crippen LogP contribution in [0, 0.1) is 0 Å². The molecule has 20 heavy (non-hydrogen) atoms. The number of alkyl halides is 3. The van der Waals surface area contributed by atoms with E-state index in [-0.39, 0.29) is 12.6 Å². The highest BCUT2D eigenvalue weighted by Gasteiger charge is 2.36. The lowest BCUT2D eigenvalue weighted by Gasteiger charge is -2.17. The van der Waals surface area contributed by atoms with Crippen molar-refractivity contribution in [2.24, 2.45) is 0 Å². The molecule has 1 atom stereocenters. The summed E-state index contributed by atoms with van der Waals surface area (Å²) in [7, 11) is 0. The maximum atomic E-state index is 12.8. The van der Waals surface area contributed by atoms with Gasteiger partial charge >= 0.3 is 12.3 Å². The highest BCUT2D eigenvalue weighted by molar-refractivity contribution is 9.10. The minimum Gasteiger partial charge on any atom is -0.439 e. The lowest BCUT2D eigenvalue weighted by molar-refractivity contribution is -0.137. The summed E-state index contributed by atoms with van der Waals surface area (Å²) in [5.74, 6) is 0. The van der Waals surface area contributed by atoms with Gasteiger partial charge in [-0.25, -0.2) is 4.79 Å². The molecule has 0 N–H and O–H groups in total. The quantitative estimate of drug-likeness (QED) is 0.791. The van der Waals surface area contributed by atoms with Crippen molar-refractivity contribution in [1.82, 2.24) is 4.90 Å². The number of carbonyl (C=O) groups excluding carboxylic acids is 1. The maximum Gasteiger partial charge on any atom is 0.416 e. The van der Waals surface area contributed by atoms with Gasteiger partial charge in [0.15, 0.2) is 0 Å². The Bertz CT molecular complexity index is 531. The molecule has 1 aliphatic heterocycles. The molecule has 1 amide bonds. The Morgan fingerprint density at radius 2 is 2.00 bits per heavy atom. The molecule has 110 valence electrons. The average Bonchev–Trinajstić information content (AvgIpc) is 2.69. The van der Waals surface area contributed by atoms with Crippen LogP contribution >= 0.6 is 15.9 Å². The molecule has 7 heteroatoms. The number of nitrogens with zero attached hydrogens (tertiary/aromatic N) is 1. The summed E-state index contributed by atoms with van der Waals surface area (Å²) in [5.41, 5.74) is -0.427. The summed E-state index contributed by atoms with van der Waals surface area (Å²) in [6, 6.07) is 3.51. The highest BCUT2D eigenvalue weighted by Crippen LogP contribution is 2.35. The molecule has 0 radical (unpaired) electrons. The number of benzene rings is 1. The molecule has 0 saturated carbocycles. The van der Waals surface area contributed by atoms with E-state index >= 15 is 0 Å². The molecule has 1 fully saturated rings. The van der Waals surface area contributed by atoms with E-state index in [1.807, 2.05) is 13.8 Å². The zero-order chi connectivity index (χ0) is 15.1. The third-order valence-corrected chi connectivity index (χ3v) is 3.54. The van der Waals surface area contributed by atoms with Gasteiger partial charge in [-0.2, -0.15) is 13.2 Å². The van der Waals surface area contributed by atoms with E-state index in [1.165, 1.54) is 11.0 Å². The van der Waals surface area contributed by atoms with E-state index in [9.17, 15) is 18.0 Å². The first kappa shape index (κ1) is 15.2. The van der Waals surface area contributed by atoms with Crippen molar-refractivity contribution in [2.75, 3.05) is 6.54 Å². The molecule has 1 saturated heterocycles. The van der Waals surface area contributed by atoms with E-state index in [0.717, 1.165) is 12.1 Å². The molecule has 0 aromatic heterocycles. The van der Waals surface area contributed by atoms with Crippen LogP contribution in [0.4, 0.5) is 18.0 Å². The molecule has 2 rings (SSSR count). The Morgan fingerprint density at radius 1 is 1.35 bits per heavy atom. The number of carbonyl (C=O) groups is 1. The van der Waals surface area contributed by atoms with Crippen LogP contribution in [-0.4, -0.2) is 23.6 Å². The van der Waals surface area contributed by atoms with Crippen LogP contribution in [0.2, 0.25) is 0 Å². The van der Waals surface area contributed by atoms with Crippen LogP contribution in [0.1, 0.15) is 31.1 Å². The van der Waals surface area contributed by atoms with Gasteiger partial charge in [-0.1, -0.05) is 15.9 Å². The van der Waals surface area contributed by atoms with Gasteiger partial charge in [0.1, 0.15) is 6.10 Å². The van der Waals surface area contributed by atoms with E-state index in [0.29, 0.717) is 10.0 Å².